The van der Waals surface area contributed by atoms with Crippen LogP contribution in [0, 0.1) is 0 Å². The number of methoxy groups -OCH3 is 1. The fraction of sp³-hybridized carbons (Fsp3) is 0.760. The zero-order valence-corrected chi connectivity index (χ0v) is 20.8. The molecule has 1 rings (SSSR count). The first-order chi connectivity index (χ1) is 15.5. The van der Waals surface area contributed by atoms with Gasteiger partial charge in [0.2, 0.25) is 11.8 Å². The molecule has 32 heavy (non-hydrogen) atoms. The van der Waals surface area contributed by atoms with Crippen LogP contribution in [-0.2, 0) is 32.7 Å². The summed E-state index contributed by atoms with van der Waals surface area (Å²) in [7, 11) is 3.60. The number of hydrogen-bond donors (Lipinski definition) is 0. The highest BCUT2D eigenvalue weighted by Gasteiger charge is 2.21. The fourth-order valence-corrected chi connectivity index (χ4v) is 3.62. The van der Waals surface area contributed by atoms with Crippen LogP contribution < -0.4 is 0 Å². The van der Waals surface area contributed by atoms with Crippen molar-refractivity contribution in [1.82, 2.24) is 14.4 Å². The minimum Gasteiger partial charge on any atom is -0.383 e. The molecule has 2 amide bonds. The van der Waals surface area contributed by atoms with E-state index in [1.165, 1.54) is 25.7 Å². The second kappa shape index (κ2) is 17.7. The van der Waals surface area contributed by atoms with Gasteiger partial charge in [-0.15, -0.1) is 0 Å². The van der Waals surface area contributed by atoms with Crippen molar-refractivity contribution < 1.29 is 19.1 Å². The molecule has 0 unspecified atom stereocenters. The van der Waals surface area contributed by atoms with E-state index in [0.29, 0.717) is 45.9 Å². The average Bonchev–Trinajstić information content (AvgIpc) is 3.19. The second-order valence-corrected chi connectivity index (χ2v) is 8.30. The summed E-state index contributed by atoms with van der Waals surface area (Å²) in [4.78, 5) is 29.6. The van der Waals surface area contributed by atoms with Gasteiger partial charge in [0.25, 0.3) is 0 Å². The summed E-state index contributed by atoms with van der Waals surface area (Å²) in [5, 5.41) is 0. The molecule has 1 aromatic heterocycles. The molecule has 0 saturated carbocycles. The molecule has 0 spiro atoms. The standard InChI is InChI=1S/C25H45N3O4/c1-5-7-8-9-10-11-15-24(29)27(17-13-19-32-6-2)22-25(30)28(18-20-31-4)21-23-14-12-16-26(23)3/h12,14,16H,5-11,13,15,17-22H2,1-4H3. The molecule has 0 aliphatic heterocycles. The van der Waals surface area contributed by atoms with Crippen LogP contribution in [0.3, 0.4) is 0 Å². The summed E-state index contributed by atoms with van der Waals surface area (Å²) in [5.41, 5.74) is 1.05. The summed E-state index contributed by atoms with van der Waals surface area (Å²) in [6.07, 6.45) is 10.0. The molecule has 1 aromatic rings. The van der Waals surface area contributed by atoms with E-state index in [1.807, 2.05) is 36.9 Å². The van der Waals surface area contributed by atoms with E-state index in [4.69, 9.17) is 9.47 Å². The Hall–Kier alpha value is -1.86. The van der Waals surface area contributed by atoms with Crippen molar-refractivity contribution in [2.45, 2.75) is 71.8 Å². The van der Waals surface area contributed by atoms with Crippen molar-refractivity contribution in [1.29, 1.82) is 0 Å². The fourth-order valence-electron chi connectivity index (χ4n) is 3.62. The number of unbranched alkanes of at least 4 members (excludes halogenated alkanes) is 5. The minimum atomic E-state index is -0.0454. The van der Waals surface area contributed by atoms with Gasteiger partial charge in [-0.2, -0.15) is 0 Å². The predicted octanol–water partition coefficient (Wildman–Crippen LogP) is 4.01. The highest BCUT2D eigenvalue weighted by Crippen LogP contribution is 2.11. The number of carbonyl (C=O) groups excluding carboxylic acids is 2. The van der Waals surface area contributed by atoms with E-state index in [-0.39, 0.29) is 18.4 Å². The van der Waals surface area contributed by atoms with Gasteiger partial charge in [0, 0.05) is 58.8 Å². The zero-order chi connectivity index (χ0) is 23.6. The van der Waals surface area contributed by atoms with Crippen LogP contribution in [0.5, 0.6) is 0 Å². The number of amides is 2. The van der Waals surface area contributed by atoms with Crippen molar-refractivity contribution in [3.8, 4) is 0 Å². The summed E-state index contributed by atoms with van der Waals surface area (Å²) < 4.78 is 12.7. The Kier molecular flexibility index (Phi) is 15.6. The molecule has 7 nitrogen and oxygen atoms in total. The SMILES string of the molecule is CCCCCCCCC(=O)N(CCCOCC)CC(=O)N(CCOC)Cc1cccn1C. The highest BCUT2D eigenvalue weighted by molar-refractivity contribution is 5.84. The molecule has 0 atom stereocenters. The number of nitrogens with zero attached hydrogens (tertiary/aromatic N) is 3. The van der Waals surface area contributed by atoms with Gasteiger partial charge in [0.1, 0.15) is 0 Å². The predicted molar refractivity (Wildman–Crippen MR) is 128 cm³/mol. The number of carbonyl (C=O) groups is 2. The molecule has 0 bridgehead atoms. The van der Waals surface area contributed by atoms with Gasteiger partial charge < -0.3 is 23.8 Å². The lowest BCUT2D eigenvalue weighted by Gasteiger charge is -2.28. The molecule has 0 fully saturated rings. The van der Waals surface area contributed by atoms with Gasteiger partial charge >= 0.3 is 0 Å². The first-order valence-electron chi connectivity index (χ1n) is 12.3. The van der Waals surface area contributed by atoms with Crippen molar-refractivity contribution in [3.63, 3.8) is 0 Å². The third kappa shape index (κ3) is 11.7. The molecule has 0 aliphatic carbocycles. The molecular formula is C25H45N3O4. The van der Waals surface area contributed by atoms with E-state index in [0.717, 1.165) is 25.0 Å². The Bertz CT molecular complexity index is 632. The van der Waals surface area contributed by atoms with Gasteiger partial charge in [0.15, 0.2) is 0 Å². The first kappa shape index (κ1) is 28.2. The van der Waals surface area contributed by atoms with Crippen molar-refractivity contribution in [3.05, 3.63) is 24.0 Å². The lowest BCUT2D eigenvalue weighted by molar-refractivity contribution is -0.141. The van der Waals surface area contributed by atoms with Gasteiger partial charge in [-0.1, -0.05) is 39.0 Å². The third-order valence-corrected chi connectivity index (χ3v) is 5.67. The van der Waals surface area contributed by atoms with E-state index < -0.39 is 0 Å². The van der Waals surface area contributed by atoms with Crippen LogP contribution in [0.25, 0.3) is 0 Å². The average molecular weight is 452 g/mol. The monoisotopic (exact) mass is 451 g/mol. The lowest BCUT2D eigenvalue weighted by atomic mass is 10.1. The Morgan fingerprint density at radius 2 is 1.69 bits per heavy atom. The topological polar surface area (TPSA) is 64.0 Å². The smallest absolute Gasteiger partial charge is 0.242 e. The van der Waals surface area contributed by atoms with Gasteiger partial charge in [-0.3, -0.25) is 9.59 Å². The molecule has 0 aromatic carbocycles. The normalized spacial score (nSPS) is 11.0. The summed E-state index contributed by atoms with van der Waals surface area (Å²) in [6, 6.07) is 3.98. The highest BCUT2D eigenvalue weighted by atomic mass is 16.5. The maximum Gasteiger partial charge on any atom is 0.242 e. The molecule has 0 radical (unpaired) electrons. The number of ether oxygens (including phenoxy) is 2. The molecule has 7 heteroatoms. The summed E-state index contributed by atoms with van der Waals surface area (Å²) >= 11 is 0. The second-order valence-electron chi connectivity index (χ2n) is 8.30. The first-order valence-corrected chi connectivity index (χ1v) is 12.3. The van der Waals surface area contributed by atoms with Crippen molar-refractivity contribution in [2.24, 2.45) is 7.05 Å². The Balaban J connectivity index is 2.69. The van der Waals surface area contributed by atoms with Crippen LogP contribution in [-0.4, -0.2) is 72.7 Å². The molecule has 0 N–H and O–H groups in total. The van der Waals surface area contributed by atoms with Gasteiger partial charge in [-0.05, 0) is 31.9 Å². The molecule has 0 saturated heterocycles. The molecule has 0 aliphatic rings. The summed E-state index contributed by atoms with van der Waals surface area (Å²) in [6.45, 7) is 7.54. The number of hydrogen-bond acceptors (Lipinski definition) is 4. The van der Waals surface area contributed by atoms with Crippen LogP contribution in [0.2, 0.25) is 0 Å². The van der Waals surface area contributed by atoms with Crippen LogP contribution >= 0.6 is 0 Å². The maximum atomic E-state index is 13.2. The maximum absolute atomic E-state index is 13.2. The van der Waals surface area contributed by atoms with Crippen LogP contribution in [0.15, 0.2) is 18.3 Å². The zero-order valence-electron chi connectivity index (χ0n) is 20.8. The minimum absolute atomic E-state index is 0.0454. The quantitative estimate of drug-likeness (QED) is 0.298. The largest absolute Gasteiger partial charge is 0.383 e. The van der Waals surface area contributed by atoms with E-state index in [1.54, 1.807) is 16.9 Å². The van der Waals surface area contributed by atoms with E-state index in [9.17, 15) is 9.59 Å². The summed E-state index contributed by atoms with van der Waals surface area (Å²) in [5.74, 6) is 0.0202. The molecular weight excluding hydrogens is 406 g/mol. The molecule has 184 valence electrons. The Morgan fingerprint density at radius 3 is 2.34 bits per heavy atom. The van der Waals surface area contributed by atoms with Crippen LogP contribution in [0.4, 0.5) is 0 Å². The van der Waals surface area contributed by atoms with Gasteiger partial charge in [-0.25, -0.2) is 0 Å². The number of rotatable bonds is 19. The van der Waals surface area contributed by atoms with E-state index >= 15 is 0 Å². The Labute approximate surface area is 195 Å². The van der Waals surface area contributed by atoms with Crippen molar-refractivity contribution >= 4 is 11.8 Å². The van der Waals surface area contributed by atoms with E-state index in [2.05, 4.69) is 6.92 Å². The van der Waals surface area contributed by atoms with Crippen LogP contribution in [0.1, 0.15) is 70.9 Å². The lowest BCUT2D eigenvalue weighted by Crippen LogP contribution is -2.44. The molecule has 1 heterocycles. The number of aromatic nitrogens is 1. The van der Waals surface area contributed by atoms with Gasteiger partial charge in [0.05, 0.1) is 19.7 Å². The third-order valence-electron chi connectivity index (χ3n) is 5.67. The number of aryl methyl sites for hydroxylation is 1. The Morgan fingerprint density at radius 1 is 0.938 bits per heavy atom. The van der Waals surface area contributed by atoms with Crippen molar-refractivity contribution in [2.75, 3.05) is 46.6 Å².